The van der Waals surface area contributed by atoms with Gasteiger partial charge in [-0.25, -0.2) is 4.39 Å². The lowest BCUT2D eigenvalue weighted by Crippen LogP contribution is -1.98. The van der Waals surface area contributed by atoms with E-state index in [-0.39, 0.29) is 5.82 Å². The summed E-state index contributed by atoms with van der Waals surface area (Å²) < 4.78 is 19.7. The second-order valence-corrected chi connectivity index (χ2v) is 6.16. The van der Waals surface area contributed by atoms with Crippen molar-refractivity contribution in [2.45, 2.75) is 33.3 Å². The molecule has 0 aliphatic heterocycles. The van der Waals surface area contributed by atoms with Crippen molar-refractivity contribution in [1.82, 2.24) is 0 Å². The molecule has 0 heterocycles. The highest BCUT2D eigenvalue weighted by Gasteiger charge is 2.05. The highest BCUT2D eigenvalue weighted by Crippen LogP contribution is 2.24. The molecule has 0 saturated carbocycles. The minimum atomic E-state index is -0.260. The zero-order valence-electron chi connectivity index (χ0n) is 11.9. The van der Waals surface area contributed by atoms with E-state index in [0.29, 0.717) is 12.5 Å². The molecule has 2 rings (SSSR count). The molecule has 3 heteroatoms. The number of aryl methyl sites for hydroxylation is 1. The fraction of sp³-hybridized carbons (Fsp3) is 0.294. The monoisotopic (exact) mass is 336 g/mol. The van der Waals surface area contributed by atoms with Gasteiger partial charge in [-0.3, -0.25) is 0 Å². The van der Waals surface area contributed by atoms with Crippen LogP contribution in [0.3, 0.4) is 0 Å². The minimum Gasteiger partial charge on any atom is -0.489 e. The molecule has 0 aliphatic rings. The quantitative estimate of drug-likeness (QED) is 0.706. The average molecular weight is 337 g/mol. The second-order valence-electron chi connectivity index (χ2n) is 5.24. The van der Waals surface area contributed by atoms with Crippen LogP contribution in [0.2, 0.25) is 0 Å². The number of hydrogen-bond donors (Lipinski definition) is 0. The van der Waals surface area contributed by atoms with Crippen molar-refractivity contribution in [3.63, 3.8) is 0 Å². The largest absolute Gasteiger partial charge is 0.489 e. The molecule has 0 amide bonds. The van der Waals surface area contributed by atoms with Gasteiger partial charge in [0.1, 0.15) is 18.2 Å². The van der Waals surface area contributed by atoms with Gasteiger partial charge < -0.3 is 4.74 Å². The Morgan fingerprint density at radius 1 is 1.15 bits per heavy atom. The molecule has 1 nitrogen and oxygen atoms in total. The van der Waals surface area contributed by atoms with Crippen molar-refractivity contribution in [2.75, 3.05) is 0 Å². The van der Waals surface area contributed by atoms with Gasteiger partial charge >= 0.3 is 0 Å². The smallest absolute Gasteiger partial charge is 0.124 e. The van der Waals surface area contributed by atoms with Gasteiger partial charge in [0.15, 0.2) is 0 Å². The van der Waals surface area contributed by atoms with Gasteiger partial charge in [-0.05, 0) is 59.9 Å². The minimum absolute atomic E-state index is 0.260. The Morgan fingerprint density at radius 2 is 1.90 bits per heavy atom. The van der Waals surface area contributed by atoms with Crippen LogP contribution in [-0.2, 0) is 6.61 Å². The Hall–Kier alpha value is -1.35. The van der Waals surface area contributed by atoms with Gasteiger partial charge in [-0.15, -0.1) is 0 Å². The fourth-order valence-electron chi connectivity index (χ4n) is 2.25. The van der Waals surface area contributed by atoms with Crippen LogP contribution in [0.4, 0.5) is 4.39 Å². The topological polar surface area (TPSA) is 9.23 Å². The van der Waals surface area contributed by atoms with Gasteiger partial charge in [-0.1, -0.05) is 35.8 Å². The van der Waals surface area contributed by atoms with E-state index in [1.54, 1.807) is 0 Å². The molecule has 0 fully saturated rings. The molecule has 0 unspecified atom stereocenters. The van der Waals surface area contributed by atoms with E-state index in [0.717, 1.165) is 15.8 Å². The first-order valence-corrected chi connectivity index (χ1v) is 7.43. The Labute approximate surface area is 127 Å². The molecular formula is C17H18BrFO. The van der Waals surface area contributed by atoms with Crippen molar-refractivity contribution in [3.05, 3.63) is 63.4 Å². The Bertz CT molecular complexity index is 588. The summed E-state index contributed by atoms with van der Waals surface area (Å²) in [6.07, 6.45) is 0. The third kappa shape index (κ3) is 3.83. The third-order valence-electron chi connectivity index (χ3n) is 3.19. The lowest BCUT2D eigenvalue weighted by atomic mass is 9.98. The maximum atomic E-state index is 13.3. The van der Waals surface area contributed by atoms with E-state index in [2.05, 4.69) is 42.8 Å². The number of halogens is 2. The first kappa shape index (κ1) is 15.0. The van der Waals surface area contributed by atoms with Gasteiger partial charge in [0, 0.05) is 4.47 Å². The molecule has 0 radical (unpaired) electrons. The summed E-state index contributed by atoms with van der Waals surface area (Å²) in [5, 5.41) is 0. The van der Waals surface area contributed by atoms with E-state index >= 15 is 0 Å². The lowest BCUT2D eigenvalue weighted by molar-refractivity contribution is 0.305. The molecule has 0 spiro atoms. The maximum absolute atomic E-state index is 13.3. The van der Waals surface area contributed by atoms with Crippen LogP contribution in [0.25, 0.3) is 0 Å². The molecule has 0 N–H and O–H groups in total. The Balaban J connectivity index is 2.09. The van der Waals surface area contributed by atoms with Crippen molar-refractivity contribution < 1.29 is 9.13 Å². The van der Waals surface area contributed by atoms with Crippen LogP contribution < -0.4 is 4.74 Å². The van der Waals surface area contributed by atoms with E-state index in [1.807, 2.05) is 18.2 Å². The van der Waals surface area contributed by atoms with Gasteiger partial charge in [0.25, 0.3) is 0 Å². The van der Waals surface area contributed by atoms with E-state index in [4.69, 9.17) is 4.74 Å². The Kier molecular flexibility index (Phi) is 4.81. The molecule has 2 aromatic rings. The average Bonchev–Trinajstić information content (AvgIpc) is 2.35. The summed E-state index contributed by atoms with van der Waals surface area (Å²) in [6, 6.07) is 10.9. The predicted octanol–water partition coefficient (Wildman–Crippen LogP) is 5.60. The number of hydrogen-bond acceptors (Lipinski definition) is 1. The predicted molar refractivity (Wildman–Crippen MR) is 83.7 cm³/mol. The van der Waals surface area contributed by atoms with Crippen molar-refractivity contribution in [2.24, 2.45) is 0 Å². The first-order valence-electron chi connectivity index (χ1n) is 6.64. The summed E-state index contributed by atoms with van der Waals surface area (Å²) >= 11 is 3.28. The van der Waals surface area contributed by atoms with E-state index < -0.39 is 0 Å². The highest BCUT2D eigenvalue weighted by atomic mass is 79.9. The third-order valence-corrected chi connectivity index (χ3v) is 3.65. The number of ether oxygens (including phenoxy) is 1. The molecule has 0 bridgehead atoms. The van der Waals surface area contributed by atoms with Crippen LogP contribution in [0.1, 0.15) is 36.5 Å². The molecule has 2 aromatic carbocycles. The molecule has 0 aromatic heterocycles. The molecule has 0 atom stereocenters. The fourth-order valence-corrected chi connectivity index (χ4v) is 2.76. The lowest BCUT2D eigenvalue weighted by Gasteiger charge is -2.12. The zero-order chi connectivity index (χ0) is 14.7. The number of rotatable bonds is 4. The second kappa shape index (κ2) is 6.40. The van der Waals surface area contributed by atoms with Crippen LogP contribution in [-0.4, -0.2) is 0 Å². The van der Waals surface area contributed by atoms with Crippen molar-refractivity contribution >= 4 is 15.9 Å². The van der Waals surface area contributed by atoms with Crippen LogP contribution in [0.15, 0.2) is 40.9 Å². The van der Waals surface area contributed by atoms with Crippen molar-refractivity contribution in [3.8, 4) is 5.75 Å². The summed E-state index contributed by atoms with van der Waals surface area (Å²) in [6.45, 7) is 6.79. The summed E-state index contributed by atoms with van der Waals surface area (Å²) in [7, 11) is 0. The van der Waals surface area contributed by atoms with Gasteiger partial charge in [0.05, 0.1) is 0 Å². The molecule has 0 saturated heterocycles. The Morgan fingerprint density at radius 3 is 2.50 bits per heavy atom. The number of benzene rings is 2. The summed E-state index contributed by atoms with van der Waals surface area (Å²) in [4.78, 5) is 0. The van der Waals surface area contributed by atoms with Gasteiger partial charge in [-0.2, -0.15) is 0 Å². The zero-order valence-corrected chi connectivity index (χ0v) is 13.5. The molecule has 0 aliphatic carbocycles. The normalized spacial score (nSPS) is 10.9. The van der Waals surface area contributed by atoms with Crippen LogP contribution in [0.5, 0.6) is 5.75 Å². The standard InChI is InChI=1S/C17H18BrFO/c1-11(2)17-5-4-16(6-12(17)3)20-10-13-7-14(18)9-15(19)8-13/h4-9,11H,10H2,1-3H3. The van der Waals surface area contributed by atoms with Crippen molar-refractivity contribution in [1.29, 1.82) is 0 Å². The highest BCUT2D eigenvalue weighted by molar-refractivity contribution is 9.10. The first-order chi connectivity index (χ1) is 9.45. The maximum Gasteiger partial charge on any atom is 0.124 e. The molecule has 106 valence electrons. The summed E-state index contributed by atoms with van der Waals surface area (Å²) in [5.41, 5.74) is 3.35. The van der Waals surface area contributed by atoms with Crippen LogP contribution >= 0.6 is 15.9 Å². The van der Waals surface area contributed by atoms with E-state index in [1.165, 1.54) is 23.3 Å². The van der Waals surface area contributed by atoms with Gasteiger partial charge in [0.2, 0.25) is 0 Å². The summed E-state index contributed by atoms with van der Waals surface area (Å²) in [5.74, 6) is 1.06. The molecule has 20 heavy (non-hydrogen) atoms. The van der Waals surface area contributed by atoms with Crippen LogP contribution in [0, 0.1) is 12.7 Å². The molecular weight excluding hydrogens is 319 g/mol. The van der Waals surface area contributed by atoms with E-state index in [9.17, 15) is 4.39 Å². The SMILES string of the molecule is Cc1cc(OCc2cc(F)cc(Br)c2)ccc1C(C)C.